The first kappa shape index (κ1) is 8.87. The van der Waals surface area contributed by atoms with E-state index in [9.17, 15) is 0 Å². The van der Waals surface area contributed by atoms with Crippen molar-refractivity contribution in [3.63, 3.8) is 0 Å². The van der Waals surface area contributed by atoms with Crippen molar-refractivity contribution in [3.8, 4) is 0 Å². The van der Waals surface area contributed by atoms with Gasteiger partial charge in [0.25, 0.3) is 0 Å². The SMILES string of the molecule is CC(C)([CH]=[Mo+4])c1ccccc1. The Bertz CT molecular complexity index is 236. The van der Waals surface area contributed by atoms with Crippen LogP contribution in [0.2, 0.25) is 0 Å². The third-order valence-electron chi connectivity index (χ3n) is 1.81. The van der Waals surface area contributed by atoms with Crippen molar-refractivity contribution in [3.05, 3.63) is 35.9 Å². The zero-order chi connectivity index (χ0) is 8.32. The summed E-state index contributed by atoms with van der Waals surface area (Å²) in [6.45, 7) is 4.45. The molecular weight excluding hydrogens is 216 g/mol. The van der Waals surface area contributed by atoms with E-state index in [-0.39, 0.29) is 5.41 Å². The molecule has 0 N–H and O–H groups in total. The molecule has 1 heteroatoms. The predicted octanol–water partition coefficient (Wildman–Crippen LogP) is 2.31. The van der Waals surface area contributed by atoms with Crippen LogP contribution in [0, 0.1) is 0 Å². The van der Waals surface area contributed by atoms with E-state index in [0.717, 1.165) is 0 Å². The molecule has 0 saturated carbocycles. The van der Waals surface area contributed by atoms with Crippen LogP contribution in [0.5, 0.6) is 0 Å². The van der Waals surface area contributed by atoms with Crippen molar-refractivity contribution >= 4 is 4.40 Å². The van der Waals surface area contributed by atoms with Crippen molar-refractivity contribution in [2.24, 2.45) is 0 Å². The first-order chi connectivity index (χ1) is 5.17. The van der Waals surface area contributed by atoms with Crippen LogP contribution in [0.3, 0.4) is 0 Å². The van der Waals surface area contributed by atoms with Gasteiger partial charge >= 0.3 is 78.9 Å². The molecule has 0 fully saturated rings. The molecule has 0 amide bonds. The van der Waals surface area contributed by atoms with E-state index in [1.54, 1.807) is 0 Å². The fourth-order valence-corrected chi connectivity index (χ4v) is 1.27. The van der Waals surface area contributed by atoms with Gasteiger partial charge in [0.2, 0.25) is 0 Å². The summed E-state index contributed by atoms with van der Waals surface area (Å²) >= 11 is 2.04. The second-order valence-electron chi connectivity index (χ2n) is 3.21. The van der Waals surface area contributed by atoms with Gasteiger partial charge in [-0.1, -0.05) is 0 Å². The van der Waals surface area contributed by atoms with E-state index < -0.39 is 0 Å². The van der Waals surface area contributed by atoms with Crippen LogP contribution in [0.4, 0.5) is 0 Å². The number of hydrogen-bond donors (Lipinski definition) is 0. The first-order valence-electron chi connectivity index (χ1n) is 3.69. The molecule has 0 bridgehead atoms. The standard InChI is InChI=1S/C10H12.Mo/c1-10(2,3)9-7-5-4-6-8-9;/h1,4-8H,2-3H3;/q;+4. The first-order valence-corrected chi connectivity index (χ1v) is 4.84. The topological polar surface area (TPSA) is 0 Å². The predicted molar refractivity (Wildman–Crippen MR) is 45.5 cm³/mol. The molecule has 1 rings (SSSR count). The Labute approximate surface area is 79.0 Å². The van der Waals surface area contributed by atoms with Crippen LogP contribution < -0.4 is 0 Å². The molecule has 0 nitrogen and oxygen atoms in total. The molecule has 1 aromatic rings. The molecule has 0 radical (unpaired) electrons. The summed E-state index contributed by atoms with van der Waals surface area (Å²) in [6.07, 6.45) is 0. The Hall–Kier alpha value is -0.222. The molecule has 1 aromatic carbocycles. The summed E-state index contributed by atoms with van der Waals surface area (Å²) in [5.41, 5.74) is 1.59. The molecule has 0 atom stereocenters. The Morgan fingerprint density at radius 3 is 2.18 bits per heavy atom. The maximum absolute atomic E-state index is 2.23. The summed E-state index contributed by atoms with van der Waals surface area (Å²) in [6, 6.07) is 10.6. The molecule has 0 unspecified atom stereocenters. The molecule has 54 valence electrons. The maximum atomic E-state index is 2.23. The van der Waals surface area contributed by atoms with Gasteiger partial charge in [-0.15, -0.1) is 0 Å². The fourth-order valence-electron chi connectivity index (χ4n) is 0.936. The van der Waals surface area contributed by atoms with Crippen molar-refractivity contribution in [2.75, 3.05) is 0 Å². The van der Waals surface area contributed by atoms with Gasteiger partial charge in [-0.25, -0.2) is 0 Å². The van der Waals surface area contributed by atoms with Gasteiger partial charge in [-0.3, -0.25) is 0 Å². The zero-order valence-electron chi connectivity index (χ0n) is 6.87. The van der Waals surface area contributed by atoms with Crippen LogP contribution in [-0.2, 0) is 24.8 Å². The van der Waals surface area contributed by atoms with Gasteiger partial charge in [0.05, 0.1) is 0 Å². The molecule has 0 heterocycles. The van der Waals surface area contributed by atoms with Crippen molar-refractivity contribution < 1.29 is 19.4 Å². The molecular formula is C10H12Mo+4. The normalized spacial score (nSPS) is 11.3. The van der Waals surface area contributed by atoms with Crippen LogP contribution in [0.1, 0.15) is 19.4 Å². The monoisotopic (exact) mass is 230 g/mol. The Balaban J connectivity index is 3.02. The summed E-state index contributed by atoms with van der Waals surface area (Å²) in [4.78, 5) is 0. The summed E-state index contributed by atoms with van der Waals surface area (Å²) in [7, 11) is 0. The van der Waals surface area contributed by atoms with Crippen LogP contribution in [0.25, 0.3) is 0 Å². The molecule has 0 aliphatic carbocycles. The second kappa shape index (κ2) is 3.45. The van der Waals surface area contributed by atoms with Gasteiger partial charge in [0.1, 0.15) is 0 Å². The Morgan fingerprint density at radius 1 is 1.18 bits per heavy atom. The van der Waals surface area contributed by atoms with Crippen LogP contribution in [-0.4, -0.2) is 4.40 Å². The molecule has 0 aliphatic rings. The van der Waals surface area contributed by atoms with E-state index in [1.165, 1.54) is 5.56 Å². The van der Waals surface area contributed by atoms with E-state index in [0.29, 0.717) is 0 Å². The third kappa shape index (κ3) is 2.10. The van der Waals surface area contributed by atoms with Gasteiger partial charge in [-0.05, 0) is 0 Å². The minimum absolute atomic E-state index is 0.214. The average molecular weight is 228 g/mol. The summed E-state index contributed by atoms with van der Waals surface area (Å²) < 4.78 is 2.23. The van der Waals surface area contributed by atoms with E-state index in [4.69, 9.17) is 0 Å². The third-order valence-corrected chi connectivity index (χ3v) is 3.26. The Kier molecular flexibility index (Phi) is 2.78. The van der Waals surface area contributed by atoms with E-state index >= 15 is 0 Å². The number of hydrogen-bond acceptors (Lipinski definition) is 0. The quantitative estimate of drug-likeness (QED) is 0.681. The van der Waals surface area contributed by atoms with Crippen LogP contribution >= 0.6 is 0 Å². The second-order valence-corrected chi connectivity index (χ2v) is 3.78. The van der Waals surface area contributed by atoms with Gasteiger partial charge in [0.15, 0.2) is 0 Å². The Morgan fingerprint density at radius 2 is 1.73 bits per heavy atom. The van der Waals surface area contributed by atoms with Gasteiger partial charge in [0, 0.05) is 0 Å². The van der Waals surface area contributed by atoms with Crippen molar-refractivity contribution in [2.45, 2.75) is 19.3 Å². The molecule has 0 aromatic heterocycles. The van der Waals surface area contributed by atoms with E-state index in [1.807, 2.05) is 19.4 Å². The van der Waals surface area contributed by atoms with Crippen LogP contribution in [0.15, 0.2) is 30.3 Å². The minimum atomic E-state index is 0.214. The van der Waals surface area contributed by atoms with Gasteiger partial charge in [-0.2, -0.15) is 0 Å². The number of rotatable bonds is 2. The molecule has 0 spiro atoms. The van der Waals surface area contributed by atoms with Crippen molar-refractivity contribution in [1.29, 1.82) is 0 Å². The fraction of sp³-hybridized carbons (Fsp3) is 0.300. The molecule has 11 heavy (non-hydrogen) atoms. The summed E-state index contributed by atoms with van der Waals surface area (Å²) in [5, 5.41) is 0. The number of benzene rings is 1. The van der Waals surface area contributed by atoms with Crippen molar-refractivity contribution in [1.82, 2.24) is 0 Å². The molecule has 0 aliphatic heterocycles. The zero-order valence-corrected chi connectivity index (χ0v) is 8.88. The van der Waals surface area contributed by atoms with Gasteiger partial charge < -0.3 is 0 Å². The van der Waals surface area contributed by atoms with E-state index in [2.05, 4.69) is 48.6 Å². The molecule has 0 saturated heterocycles. The average Bonchev–Trinajstić information content (AvgIpc) is 2.06. The summed E-state index contributed by atoms with van der Waals surface area (Å²) in [5.74, 6) is 0.